The second kappa shape index (κ2) is 5.39. The van der Waals surface area contributed by atoms with E-state index in [2.05, 4.69) is 5.10 Å². The van der Waals surface area contributed by atoms with Crippen LogP contribution in [0, 0.1) is 12.8 Å². The number of nitrogens with zero attached hydrogens (tertiary/aromatic N) is 2. The van der Waals surface area contributed by atoms with E-state index in [1.807, 2.05) is 24.6 Å². The molecule has 114 valence electrons. The van der Waals surface area contributed by atoms with Crippen molar-refractivity contribution in [1.29, 1.82) is 0 Å². The minimum atomic E-state index is -4.13. The molecular weight excluding hydrogens is 267 g/mol. The fraction of sp³-hybridized carbons (Fsp3) is 0.786. The van der Waals surface area contributed by atoms with Crippen LogP contribution in [0.4, 0.5) is 13.2 Å². The lowest BCUT2D eigenvalue weighted by atomic mass is 9.73. The highest BCUT2D eigenvalue weighted by molar-refractivity contribution is 5.13. The predicted molar refractivity (Wildman–Crippen MR) is 71.3 cm³/mol. The smallest absolute Gasteiger partial charge is 0.325 e. The molecule has 1 aliphatic rings. The Kier molecular flexibility index (Phi) is 4.14. The van der Waals surface area contributed by atoms with Crippen molar-refractivity contribution in [2.75, 3.05) is 0 Å². The van der Waals surface area contributed by atoms with Crippen LogP contribution >= 0.6 is 0 Å². The van der Waals surface area contributed by atoms with Crippen molar-refractivity contribution < 1.29 is 13.2 Å². The highest BCUT2D eigenvalue weighted by Gasteiger charge is 2.46. The van der Waals surface area contributed by atoms with E-state index < -0.39 is 17.6 Å². The lowest BCUT2D eigenvalue weighted by Gasteiger charge is -2.38. The molecule has 0 aliphatic heterocycles. The monoisotopic (exact) mass is 289 g/mol. The average molecular weight is 289 g/mol. The van der Waals surface area contributed by atoms with Gasteiger partial charge in [0.1, 0.15) is 0 Å². The van der Waals surface area contributed by atoms with Crippen LogP contribution in [0.1, 0.15) is 44.0 Å². The quantitative estimate of drug-likeness (QED) is 0.928. The van der Waals surface area contributed by atoms with Gasteiger partial charge in [0, 0.05) is 24.2 Å². The van der Waals surface area contributed by atoms with E-state index in [0.29, 0.717) is 25.8 Å². The third-order valence-corrected chi connectivity index (χ3v) is 4.16. The molecule has 0 amide bonds. The number of hydrogen-bond acceptors (Lipinski definition) is 2. The third-order valence-electron chi connectivity index (χ3n) is 4.16. The van der Waals surface area contributed by atoms with Crippen LogP contribution in [0.2, 0.25) is 0 Å². The highest BCUT2D eigenvalue weighted by atomic mass is 19.4. The second-order valence-corrected chi connectivity index (χ2v) is 5.97. The lowest BCUT2D eigenvalue weighted by Crippen LogP contribution is -2.49. The summed E-state index contributed by atoms with van der Waals surface area (Å²) in [4.78, 5) is 0. The molecule has 0 saturated heterocycles. The van der Waals surface area contributed by atoms with E-state index in [-0.39, 0.29) is 12.8 Å². The topological polar surface area (TPSA) is 43.8 Å². The summed E-state index contributed by atoms with van der Waals surface area (Å²) in [6.45, 7) is 4.57. The van der Waals surface area contributed by atoms with Gasteiger partial charge in [-0.05, 0) is 39.2 Å². The molecule has 2 atom stereocenters. The van der Waals surface area contributed by atoms with Crippen LogP contribution in [0.25, 0.3) is 0 Å². The van der Waals surface area contributed by atoms with E-state index in [9.17, 15) is 13.2 Å². The Labute approximate surface area is 117 Å². The summed E-state index contributed by atoms with van der Waals surface area (Å²) >= 11 is 0. The van der Waals surface area contributed by atoms with Gasteiger partial charge in [0.2, 0.25) is 0 Å². The van der Waals surface area contributed by atoms with Gasteiger partial charge in [-0.25, -0.2) is 0 Å². The zero-order valence-corrected chi connectivity index (χ0v) is 12.0. The van der Waals surface area contributed by atoms with E-state index in [4.69, 9.17) is 5.73 Å². The average Bonchev–Trinajstić information content (AvgIpc) is 2.67. The zero-order chi connectivity index (χ0) is 15.0. The van der Waals surface area contributed by atoms with Crippen molar-refractivity contribution in [1.82, 2.24) is 9.78 Å². The van der Waals surface area contributed by atoms with Gasteiger partial charge < -0.3 is 5.73 Å². The standard InChI is InChI=1S/C14H22F3N3/c1-3-20-12(7-10(2)19-20)9-13(18)6-4-5-11(8-13)14(15,16)17/h7,11H,3-6,8-9,18H2,1-2H3. The predicted octanol–water partition coefficient (Wildman–Crippen LogP) is 3.20. The molecule has 1 saturated carbocycles. The Hall–Kier alpha value is -1.04. The fourth-order valence-corrected chi connectivity index (χ4v) is 3.21. The van der Waals surface area contributed by atoms with Crippen LogP contribution < -0.4 is 5.73 Å². The fourth-order valence-electron chi connectivity index (χ4n) is 3.21. The number of rotatable bonds is 3. The minimum absolute atomic E-state index is 0.0183. The maximum absolute atomic E-state index is 12.9. The van der Waals surface area contributed by atoms with Crippen LogP contribution in [-0.4, -0.2) is 21.5 Å². The van der Waals surface area contributed by atoms with Crippen molar-refractivity contribution >= 4 is 0 Å². The Morgan fingerprint density at radius 1 is 1.50 bits per heavy atom. The molecule has 0 spiro atoms. The normalized spacial score (nSPS) is 27.8. The first kappa shape index (κ1) is 15.4. The molecule has 20 heavy (non-hydrogen) atoms. The third kappa shape index (κ3) is 3.34. The van der Waals surface area contributed by atoms with Crippen LogP contribution in [0.15, 0.2) is 6.07 Å². The zero-order valence-electron chi connectivity index (χ0n) is 12.0. The Bertz CT molecular complexity index is 467. The number of aryl methyl sites for hydroxylation is 2. The van der Waals surface area contributed by atoms with Gasteiger partial charge in [-0.3, -0.25) is 4.68 Å². The Morgan fingerprint density at radius 3 is 2.80 bits per heavy atom. The largest absolute Gasteiger partial charge is 0.391 e. The van der Waals surface area contributed by atoms with E-state index in [1.54, 1.807) is 0 Å². The molecule has 3 nitrogen and oxygen atoms in total. The maximum atomic E-state index is 12.9. The van der Waals surface area contributed by atoms with Gasteiger partial charge in [0.05, 0.1) is 11.6 Å². The van der Waals surface area contributed by atoms with Crippen molar-refractivity contribution in [3.63, 3.8) is 0 Å². The van der Waals surface area contributed by atoms with E-state index in [0.717, 1.165) is 11.4 Å². The highest BCUT2D eigenvalue weighted by Crippen LogP contribution is 2.41. The summed E-state index contributed by atoms with van der Waals surface area (Å²) in [7, 11) is 0. The van der Waals surface area contributed by atoms with Crippen molar-refractivity contribution in [3.05, 3.63) is 17.5 Å². The Morgan fingerprint density at radius 2 is 2.20 bits per heavy atom. The van der Waals surface area contributed by atoms with Gasteiger partial charge >= 0.3 is 6.18 Å². The molecule has 1 heterocycles. The number of aromatic nitrogens is 2. The summed E-state index contributed by atoms with van der Waals surface area (Å²) in [6, 6.07) is 1.93. The maximum Gasteiger partial charge on any atom is 0.391 e. The van der Waals surface area contributed by atoms with Crippen molar-refractivity contribution in [2.45, 2.75) is 64.2 Å². The van der Waals surface area contributed by atoms with E-state index >= 15 is 0 Å². The summed E-state index contributed by atoms with van der Waals surface area (Å²) in [5.41, 5.74) is 7.33. The molecule has 1 fully saturated rings. The molecule has 1 aromatic heterocycles. The number of halogens is 3. The van der Waals surface area contributed by atoms with Gasteiger partial charge in [0.25, 0.3) is 0 Å². The molecule has 2 unspecified atom stereocenters. The molecule has 1 aliphatic carbocycles. The van der Waals surface area contributed by atoms with Crippen molar-refractivity contribution in [2.24, 2.45) is 11.7 Å². The first-order valence-corrected chi connectivity index (χ1v) is 7.12. The molecule has 6 heteroatoms. The van der Waals surface area contributed by atoms with Crippen LogP contribution in [-0.2, 0) is 13.0 Å². The van der Waals surface area contributed by atoms with Crippen LogP contribution in [0.3, 0.4) is 0 Å². The van der Waals surface area contributed by atoms with Crippen molar-refractivity contribution in [3.8, 4) is 0 Å². The summed E-state index contributed by atoms with van der Waals surface area (Å²) < 4.78 is 40.5. The summed E-state index contributed by atoms with van der Waals surface area (Å²) in [6.07, 6.45) is -2.26. The van der Waals surface area contributed by atoms with Gasteiger partial charge in [-0.2, -0.15) is 18.3 Å². The van der Waals surface area contributed by atoms with Gasteiger partial charge in [-0.15, -0.1) is 0 Å². The lowest BCUT2D eigenvalue weighted by molar-refractivity contribution is -0.187. The molecule has 1 aromatic rings. The van der Waals surface area contributed by atoms with E-state index in [1.165, 1.54) is 0 Å². The van der Waals surface area contributed by atoms with Gasteiger partial charge in [-0.1, -0.05) is 6.42 Å². The molecule has 0 radical (unpaired) electrons. The molecule has 0 bridgehead atoms. The summed E-state index contributed by atoms with van der Waals surface area (Å²) in [5, 5.41) is 4.33. The molecule has 0 aromatic carbocycles. The Balaban J connectivity index is 2.14. The first-order valence-electron chi connectivity index (χ1n) is 7.12. The van der Waals surface area contributed by atoms with Crippen LogP contribution in [0.5, 0.6) is 0 Å². The number of alkyl halides is 3. The second-order valence-electron chi connectivity index (χ2n) is 5.97. The summed E-state index contributed by atoms with van der Waals surface area (Å²) in [5.74, 6) is -1.26. The molecular formula is C14H22F3N3. The number of nitrogens with two attached hydrogens (primary N) is 1. The minimum Gasteiger partial charge on any atom is -0.325 e. The number of hydrogen-bond donors (Lipinski definition) is 1. The first-order chi connectivity index (χ1) is 9.23. The molecule has 2 N–H and O–H groups in total. The SMILES string of the molecule is CCn1nc(C)cc1CC1(N)CCCC(C(F)(F)F)C1. The van der Waals surface area contributed by atoms with Gasteiger partial charge in [0.15, 0.2) is 0 Å². The molecule has 2 rings (SSSR count).